The number of methoxy groups -OCH3 is 1. The molecule has 1 unspecified atom stereocenters. The molecule has 0 aromatic carbocycles. The summed E-state index contributed by atoms with van der Waals surface area (Å²) in [6, 6.07) is 0. The van der Waals surface area contributed by atoms with E-state index in [1.165, 1.54) is 7.11 Å². The van der Waals surface area contributed by atoms with Crippen LogP contribution in [-0.2, 0) is 19.1 Å². The van der Waals surface area contributed by atoms with E-state index < -0.39 is 12.1 Å². The van der Waals surface area contributed by atoms with E-state index in [1.54, 1.807) is 6.92 Å². The predicted molar refractivity (Wildman–Crippen MR) is 38.1 cm³/mol. The molecule has 0 heterocycles. The lowest BCUT2D eigenvalue weighted by Crippen LogP contribution is -2.25. The summed E-state index contributed by atoms with van der Waals surface area (Å²) in [6.07, 6.45) is 0.532. The summed E-state index contributed by atoms with van der Waals surface area (Å²) in [5.74, 6) is -0.484. The second-order valence-corrected chi connectivity index (χ2v) is 1.93. The van der Waals surface area contributed by atoms with Crippen molar-refractivity contribution in [1.82, 2.24) is 0 Å². The molecule has 0 radical (unpaired) electrons. The maximum atomic E-state index is 10.9. The number of carbonyl (C=O) groups excluding carboxylic acids is 2. The smallest absolute Gasteiger partial charge is 0.335 e. The number of aldehydes is 1. The van der Waals surface area contributed by atoms with Crippen molar-refractivity contribution in [2.75, 3.05) is 13.7 Å². The number of rotatable bonds is 5. The van der Waals surface area contributed by atoms with Gasteiger partial charge < -0.3 is 9.47 Å². The molecule has 11 heavy (non-hydrogen) atoms. The maximum absolute atomic E-state index is 10.9. The number of ether oxygens (including phenoxy) is 2. The summed E-state index contributed by atoms with van der Waals surface area (Å²) in [5, 5.41) is 0. The van der Waals surface area contributed by atoms with E-state index in [0.29, 0.717) is 12.7 Å². The van der Waals surface area contributed by atoms with Crippen molar-refractivity contribution in [2.24, 2.45) is 0 Å². The first kappa shape index (κ1) is 10.1. The van der Waals surface area contributed by atoms with Gasteiger partial charge in [0.15, 0.2) is 12.4 Å². The Bertz CT molecular complexity index is 128. The quantitative estimate of drug-likeness (QED) is 0.424. The molecule has 0 saturated heterocycles. The lowest BCUT2D eigenvalue weighted by atomic mass is 10.3. The van der Waals surface area contributed by atoms with Gasteiger partial charge in [-0.1, -0.05) is 6.92 Å². The molecular weight excluding hydrogens is 148 g/mol. The van der Waals surface area contributed by atoms with Crippen LogP contribution in [0.2, 0.25) is 0 Å². The standard InChI is InChI=1S/C7H12O4/c1-3-6(10-2)7(9)11-5-4-8/h4,6H,3,5H2,1-2H3. The molecule has 0 aromatic heterocycles. The molecule has 4 nitrogen and oxygen atoms in total. The van der Waals surface area contributed by atoms with E-state index in [9.17, 15) is 9.59 Å². The Morgan fingerprint density at radius 2 is 2.27 bits per heavy atom. The maximum Gasteiger partial charge on any atom is 0.335 e. The first-order valence-corrected chi connectivity index (χ1v) is 3.39. The Morgan fingerprint density at radius 1 is 1.64 bits per heavy atom. The van der Waals surface area contributed by atoms with E-state index >= 15 is 0 Å². The third kappa shape index (κ3) is 3.72. The molecule has 0 amide bonds. The Morgan fingerprint density at radius 3 is 2.64 bits per heavy atom. The Hall–Kier alpha value is -0.900. The van der Waals surface area contributed by atoms with Crippen molar-refractivity contribution >= 4 is 12.3 Å². The van der Waals surface area contributed by atoms with E-state index in [0.717, 1.165) is 0 Å². The van der Waals surface area contributed by atoms with E-state index in [2.05, 4.69) is 4.74 Å². The number of carbonyl (C=O) groups is 2. The topological polar surface area (TPSA) is 52.6 Å². The Labute approximate surface area is 65.5 Å². The van der Waals surface area contributed by atoms with Gasteiger partial charge in [-0.2, -0.15) is 0 Å². The third-order valence-electron chi connectivity index (χ3n) is 1.21. The van der Waals surface area contributed by atoms with Crippen LogP contribution < -0.4 is 0 Å². The molecule has 0 aliphatic heterocycles. The highest BCUT2D eigenvalue weighted by Gasteiger charge is 2.15. The van der Waals surface area contributed by atoms with Crippen molar-refractivity contribution in [2.45, 2.75) is 19.4 Å². The number of esters is 1. The summed E-state index contributed by atoms with van der Waals surface area (Å²) >= 11 is 0. The van der Waals surface area contributed by atoms with Crippen molar-refractivity contribution < 1.29 is 19.1 Å². The van der Waals surface area contributed by atoms with Crippen molar-refractivity contribution in [3.8, 4) is 0 Å². The second kappa shape index (κ2) is 5.85. The largest absolute Gasteiger partial charge is 0.456 e. The number of hydrogen-bond acceptors (Lipinski definition) is 4. The van der Waals surface area contributed by atoms with Crippen molar-refractivity contribution in [3.63, 3.8) is 0 Å². The van der Waals surface area contributed by atoms with E-state index in [4.69, 9.17) is 4.74 Å². The van der Waals surface area contributed by atoms with Gasteiger partial charge >= 0.3 is 5.97 Å². The lowest BCUT2D eigenvalue weighted by Gasteiger charge is -2.09. The monoisotopic (exact) mass is 160 g/mol. The highest BCUT2D eigenvalue weighted by atomic mass is 16.6. The van der Waals surface area contributed by atoms with Gasteiger partial charge in [-0.15, -0.1) is 0 Å². The minimum Gasteiger partial charge on any atom is -0.456 e. The van der Waals surface area contributed by atoms with Crippen LogP contribution in [0.25, 0.3) is 0 Å². The molecule has 0 aliphatic rings. The summed E-state index contributed by atoms with van der Waals surface area (Å²) in [4.78, 5) is 20.6. The first-order valence-electron chi connectivity index (χ1n) is 3.39. The fourth-order valence-corrected chi connectivity index (χ4v) is 0.639. The van der Waals surface area contributed by atoms with Gasteiger partial charge in [0.2, 0.25) is 0 Å². The van der Waals surface area contributed by atoms with Crippen LogP contribution in [0.3, 0.4) is 0 Å². The summed E-state index contributed by atoms with van der Waals surface area (Å²) in [5.41, 5.74) is 0. The Kier molecular flexibility index (Phi) is 5.37. The second-order valence-electron chi connectivity index (χ2n) is 1.93. The average Bonchev–Trinajstić information content (AvgIpc) is 2.03. The highest BCUT2D eigenvalue weighted by molar-refractivity contribution is 5.75. The minimum absolute atomic E-state index is 0.196. The van der Waals surface area contributed by atoms with Crippen molar-refractivity contribution in [3.05, 3.63) is 0 Å². The van der Waals surface area contributed by atoms with Crippen LogP contribution in [0.5, 0.6) is 0 Å². The van der Waals surface area contributed by atoms with Gasteiger partial charge in [-0.25, -0.2) is 4.79 Å². The predicted octanol–water partition coefficient (Wildman–Crippen LogP) is 0.153. The molecular formula is C7H12O4. The molecule has 0 N–H and O–H groups in total. The van der Waals surface area contributed by atoms with Crippen LogP contribution in [0, 0.1) is 0 Å². The fraction of sp³-hybridized carbons (Fsp3) is 0.714. The minimum atomic E-state index is -0.546. The number of hydrogen-bond donors (Lipinski definition) is 0. The summed E-state index contributed by atoms with van der Waals surface area (Å²) in [6.45, 7) is 1.61. The highest BCUT2D eigenvalue weighted by Crippen LogP contribution is 1.97. The zero-order valence-corrected chi connectivity index (χ0v) is 6.70. The van der Waals surface area contributed by atoms with Gasteiger partial charge in [0, 0.05) is 7.11 Å². The molecule has 0 fully saturated rings. The van der Waals surface area contributed by atoms with Crippen LogP contribution in [0.4, 0.5) is 0 Å². The van der Waals surface area contributed by atoms with Crippen molar-refractivity contribution in [1.29, 1.82) is 0 Å². The Balaban J connectivity index is 3.69. The first-order chi connectivity index (χ1) is 5.26. The summed E-state index contributed by atoms with van der Waals surface area (Å²) < 4.78 is 9.27. The SMILES string of the molecule is CCC(OC)C(=O)OCC=O. The van der Waals surface area contributed by atoms with Crippen LogP contribution in [0.1, 0.15) is 13.3 Å². The van der Waals surface area contributed by atoms with Crippen LogP contribution in [0.15, 0.2) is 0 Å². The van der Waals surface area contributed by atoms with Gasteiger partial charge in [-0.3, -0.25) is 4.79 Å². The molecule has 0 spiro atoms. The molecule has 0 aliphatic carbocycles. The van der Waals surface area contributed by atoms with Gasteiger partial charge in [0.25, 0.3) is 0 Å². The summed E-state index contributed by atoms with van der Waals surface area (Å²) in [7, 11) is 1.43. The fourth-order valence-electron chi connectivity index (χ4n) is 0.639. The lowest BCUT2D eigenvalue weighted by molar-refractivity contribution is -0.156. The molecule has 0 aromatic rings. The zero-order valence-electron chi connectivity index (χ0n) is 6.70. The zero-order chi connectivity index (χ0) is 8.69. The molecule has 0 saturated carbocycles. The molecule has 1 atom stereocenters. The third-order valence-corrected chi connectivity index (χ3v) is 1.21. The molecule has 0 bridgehead atoms. The van der Waals surface area contributed by atoms with E-state index in [1.807, 2.05) is 0 Å². The molecule has 0 rings (SSSR count). The van der Waals surface area contributed by atoms with Crippen LogP contribution in [-0.4, -0.2) is 32.1 Å². The van der Waals surface area contributed by atoms with Gasteiger partial charge in [0.05, 0.1) is 0 Å². The molecule has 64 valence electrons. The van der Waals surface area contributed by atoms with E-state index in [-0.39, 0.29) is 6.61 Å². The average molecular weight is 160 g/mol. The van der Waals surface area contributed by atoms with Gasteiger partial charge in [0.1, 0.15) is 6.61 Å². The van der Waals surface area contributed by atoms with Gasteiger partial charge in [-0.05, 0) is 6.42 Å². The normalized spacial score (nSPS) is 12.2. The molecule has 4 heteroatoms. The van der Waals surface area contributed by atoms with Crippen LogP contribution >= 0.6 is 0 Å².